The van der Waals surface area contributed by atoms with Crippen molar-refractivity contribution in [2.45, 2.75) is 37.8 Å². The van der Waals surface area contributed by atoms with Gasteiger partial charge in [0.15, 0.2) is 11.6 Å². The molecule has 0 aliphatic heterocycles. The molecular weight excluding hydrogens is 423 g/mol. The van der Waals surface area contributed by atoms with E-state index < -0.39 is 11.7 Å². The number of hydrogen-bond donors (Lipinski definition) is 4. The van der Waals surface area contributed by atoms with Gasteiger partial charge >= 0.3 is 0 Å². The zero-order valence-electron chi connectivity index (χ0n) is 18.3. The minimum Gasteiger partial charge on any atom is -0.481 e. The van der Waals surface area contributed by atoms with Gasteiger partial charge in [0.1, 0.15) is 5.82 Å². The highest BCUT2D eigenvalue weighted by Crippen LogP contribution is 2.32. The lowest BCUT2D eigenvalue weighted by Gasteiger charge is -2.30. The molecule has 0 radical (unpaired) electrons. The van der Waals surface area contributed by atoms with Gasteiger partial charge in [0.2, 0.25) is 5.88 Å². The molecule has 1 aliphatic carbocycles. The van der Waals surface area contributed by atoms with Gasteiger partial charge in [0.25, 0.3) is 5.91 Å². The van der Waals surface area contributed by atoms with Crippen molar-refractivity contribution in [3.8, 4) is 17.0 Å². The van der Waals surface area contributed by atoms with Crippen molar-refractivity contribution in [1.82, 2.24) is 9.97 Å². The maximum absolute atomic E-state index is 14.8. The summed E-state index contributed by atoms with van der Waals surface area (Å²) in [7, 11) is 1.54. The number of primary amides is 1. The second-order valence-corrected chi connectivity index (χ2v) is 8.05. The molecule has 2 heterocycles. The summed E-state index contributed by atoms with van der Waals surface area (Å²) < 4.78 is 20.2. The number of pyridine rings is 2. The van der Waals surface area contributed by atoms with E-state index >= 15 is 0 Å². The number of nitrogens with zero attached hydrogens (tertiary/aromatic N) is 2. The Labute approximate surface area is 191 Å². The van der Waals surface area contributed by atoms with Crippen molar-refractivity contribution in [1.29, 1.82) is 0 Å². The Balaban J connectivity index is 1.69. The SMILES string of the molecule is COc1ncc(Nc2nc(NC3CCCCC3N)c(F)cc2C(N)=O)cc1-c1ccccc1. The standard InChI is InChI=1S/C24H27FN6O2/c1-33-24-16(14-7-3-2-4-8-14)11-15(13-28-24)29-22-17(21(27)32)12-18(25)23(31-22)30-20-10-6-5-9-19(20)26/h2-4,7-8,11-13,19-20H,5-6,9-10,26H2,1H3,(H2,27,32)(H2,29,30,31). The van der Waals surface area contributed by atoms with Gasteiger partial charge in [-0.1, -0.05) is 43.2 Å². The Morgan fingerprint density at radius 2 is 1.91 bits per heavy atom. The number of carbonyl (C=O) groups is 1. The molecule has 4 rings (SSSR count). The molecule has 1 amide bonds. The fraction of sp³-hybridized carbons (Fsp3) is 0.292. The number of nitrogens with one attached hydrogen (secondary N) is 2. The number of hydrogen-bond acceptors (Lipinski definition) is 7. The molecule has 1 saturated carbocycles. The zero-order chi connectivity index (χ0) is 23.4. The molecule has 2 atom stereocenters. The first-order chi connectivity index (χ1) is 16.0. The lowest BCUT2D eigenvalue weighted by atomic mass is 9.91. The topological polar surface area (TPSA) is 128 Å². The summed E-state index contributed by atoms with van der Waals surface area (Å²) in [5.74, 6) is -0.863. The van der Waals surface area contributed by atoms with Crippen LogP contribution in [-0.2, 0) is 0 Å². The van der Waals surface area contributed by atoms with Crippen molar-refractivity contribution in [2.24, 2.45) is 11.5 Å². The molecule has 3 aromatic rings. The number of anilines is 3. The predicted molar refractivity (Wildman–Crippen MR) is 126 cm³/mol. The number of amides is 1. The summed E-state index contributed by atoms with van der Waals surface area (Å²) in [6.45, 7) is 0. The van der Waals surface area contributed by atoms with Crippen LogP contribution in [0.3, 0.4) is 0 Å². The normalized spacial score (nSPS) is 17.9. The van der Waals surface area contributed by atoms with Crippen molar-refractivity contribution >= 4 is 23.2 Å². The highest BCUT2D eigenvalue weighted by molar-refractivity contribution is 5.98. The molecular formula is C24H27FN6O2. The van der Waals surface area contributed by atoms with Gasteiger partial charge in [-0.25, -0.2) is 14.4 Å². The number of carbonyl (C=O) groups excluding carboxylic acids is 1. The first-order valence-corrected chi connectivity index (χ1v) is 10.8. The van der Waals surface area contributed by atoms with Crippen LogP contribution in [0.15, 0.2) is 48.7 Å². The van der Waals surface area contributed by atoms with Gasteiger partial charge < -0.3 is 26.8 Å². The Kier molecular flexibility index (Phi) is 6.69. The molecule has 2 unspecified atom stereocenters. The van der Waals surface area contributed by atoms with Crippen LogP contribution in [0, 0.1) is 5.82 Å². The van der Waals surface area contributed by atoms with Gasteiger partial charge in [0, 0.05) is 17.6 Å². The maximum Gasteiger partial charge on any atom is 0.252 e. The van der Waals surface area contributed by atoms with Gasteiger partial charge in [-0.3, -0.25) is 4.79 Å². The summed E-state index contributed by atoms with van der Waals surface area (Å²) in [6, 6.07) is 12.3. The van der Waals surface area contributed by atoms with Crippen LogP contribution >= 0.6 is 0 Å². The molecule has 6 N–H and O–H groups in total. The summed E-state index contributed by atoms with van der Waals surface area (Å²) in [4.78, 5) is 20.7. The van der Waals surface area contributed by atoms with E-state index in [9.17, 15) is 9.18 Å². The Hall–Kier alpha value is -3.72. The fourth-order valence-corrected chi connectivity index (χ4v) is 4.03. The van der Waals surface area contributed by atoms with E-state index in [1.165, 1.54) is 0 Å². The smallest absolute Gasteiger partial charge is 0.252 e. The minimum atomic E-state index is -0.797. The van der Waals surface area contributed by atoms with Gasteiger partial charge in [-0.05, 0) is 30.5 Å². The number of rotatable bonds is 7. The first kappa shape index (κ1) is 22.5. The lowest BCUT2D eigenvalue weighted by Crippen LogP contribution is -2.43. The number of nitrogens with two attached hydrogens (primary N) is 2. The monoisotopic (exact) mass is 450 g/mol. The van der Waals surface area contributed by atoms with Crippen LogP contribution in [0.1, 0.15) is 36.0 Å². The van der Waals surface area contributed by atoms with Crippen molar-refractivity contribution in [3.63, 3.8) is 0 Å². The van der Waals surface area contributed by atoms with E-state index in [2.05, 4.69) is 20.6 Å². The zero-order valence-corrected chi connectivity index (χ0v) is 18.3. The van der Waals surface area contributed by atoms with Crippen LogP contribution in [0.4, 0.5) is 21.7 Å². The van der Waals surface area contributed by atoms with Crippen LogP contribution in [0.25, 0.3) is 11.1 Å². The molecule has 0 bridgehead atoms. The third kappa shape index (κ3) is 5.04. The average molecular weight is 451 g/mol. The molecule has 8 nitrogen and oxygen atoms in total. The summed E-state index contributed by atoms with van der Waals surface area (Å²) in [5, 5.41) is 6.17. The summed E-state index contributed by atoms with van der Waals surface area (Å²) >= 11 is 0. The molecule has 1 fully saturated rings. The molecule has 0 spiro atoms. The Morgan fingerprint density at radius 3 is 2.61 bits per heavy atom. The predicted octanol–water partition coefficient (Wildman–Crippen LogP) is 3.82. The molecule has 1 aliphatic rings. The van der Waals surface area contributed by atoms with Crippen molar-refractivity contribution < 1.29 is 13.9 Å². The Morgan fingerprint density at radius 1 is 1.15 bits per heavy atom. The van der Waals surface area contributed by atoms with Crippen LogP contribution in [0.5, 0.6) is 5.88 Å². The van der Waals surface area contributed by atoms with E-state index in [0.29, 0.717) is 11.6 Å². The molecule has 9 heteroatoms. The first-order valence-electron chi connectivity index (χ1n) is 10.8. The van der Waals surface area contributed by atoms with E-state index in [1.807, 2.05) is 36.4 Å². The molecule has 2 aromatic heterocycles. The quantitative estimate of drug-likeness (QED) is 0.431. The second kappa shape index (κ2) is 9.83. The number of ether oxygens (including phenoxy) is 1. The minimum absolute atomic E-state index is 0.0228. The highest BCUT2D eigenvalue weighted by Gasteiger charge is 2.24. The largest absolute Gasteiger partial charge is 0.481 e. The third-order valence-electron chi connectivity index (χ3n) is 5.78. The van der Waals surface area contributed by atoms with E-state index in [-0.39, 0.29) is 29.3 Å². The molecule has 172 valence electrons. The highest BCUT2D eigenvalue weighted by atomic mass is 19.1. The van der Waals surface area contributed by atoms with Gasteiger partial charge in [0.05, 0.1) is 24.6 Å². The van der Waals surface area contributed by atoms with Gasteiger partial charge in [-0.2, -0.15) is 0 Å². The number of benzene rings is 1. The van der Waals surface area contributed by atoms with Gasteiger partial charge in [-0.15, -0.1) is 0 Å². The van der Waals surface area contributed by atoms with Crippen LogP contribution < -0.4 is 26.8 Å². The second-order valence-electron chi connectivity index (χ2n) is 8.05. The molecule has 0 saturated heterocycles. The summed E-state index contributed by atoms with van der Waals surface area (Å²) in [5.41, 5.74) is 13.8. The number of aromatic nitrogens is 2. The fourth-order valence-electron chi connectivity index (χ4n) is 4.03. The molecule has 1 aromatic carbocycles. The average Bonchev–Trinajstić information content (AvgIpc) is 2.82. The van der Waals surface area contributed by atoms with Crippen LogP contribution in [0.2, 0.25) is 0 Å². The third-order valence-corrected chi connectivity index (χ3v) is 5.78. The van der Waals surface area contributed by atoms with Crippen molar-refractivity contribution in [3.05, 3.63) is 60.0 Å². The van der Waals surface area contributed by atoms with E-state index in [1.54, 1.807) is 13.3 Å². The number of methoxy groups -OCH3 is 1. The van der Waals surface area contributed by atoms with E-state index in [0.717, 1.165) is 42.9 Å². The molecule has 33 heavy (non-hydrogen) atoms. The van der Waals surface area contributed by atoms with E-state index in [4.69, 9.17) is 16.2 Å². The summed E-state index contributed by atoms with van der Waals surface area (Å²) in [6.07, 6.45) is 5.30. The maximum atomic E-state index is 14.8. The number of halogens is 1. The van der Waals surface area contributed by atoms with Crippen LogP contribution in [-0.4, -0.2) is 35.1 Å². The Bertz CT molecular complexity index is 1140. The van der Waals surface area contributed by atoms with Crippen molar-refractivity contribution in [2.75, 3.05) is 17.7 Å². The lowest BCUT2D eigenvalue weighted by molar-refractivity contribution is 0.100.